The minimum atomic E-state index is -0.232. The van der Waals surface area contributed by atoms with Crippen LogP contribution in [0.5, 0.6) is 0 Å². The van der Waals surface area contributed by atoms with E-state index in [1.54, 1.807) is 0 Å². The molecule has 184 valence electrons. The maximum absolute atomic E-state index is 13.4. The molecule has 0 atom stereocenters. The number of hydrogen-bond acceptors (Lipinski definition) is 4. The molecule has 1 amide bonds. The summed E-state index contributed by atoms with van der Waals surface area (Å²) >= 11 is 1.51. The van der Waals surface area contributed by atoms with E-state index in [1.165, 1.54) is 47.3 Å². The number of nitrogens with zero attached hydrogens (tertiary/aromatic N) is 2. The van der Waals surface area contributed by atoms with Crippen LogP contribution in [0.25, 0.3) is 10.9 Å². The van der Waals surface area contributed by atoms with Crippen LogP contribution in [0.3, 0.4) is 0 Å². The molecule has 2 aromatic carbocycles. The van der Waals surface area contributed by atoms with Gasteiger partial charge in [0, 0.05) is 42.1 Å². The van der Waals surface area contributed by atoms with Crippen LogP contribution in [0.15, 0.2) is 60.1 Å². The Labute approximate surface area is 210 Å². The van der Waals surface area contributed by atoms with Crippen LogP contribution in [-0.4, -0.2) is 33.9 Å². The van der Waals surface area contributed by atoms with Gasteiger partial charge in [-0.25, -0.2) is 9.37 Å². The maximum atomic E-state index is 13.4. The molecule has 2 heterocycles. The number of rotatable bonds is 13. The van der Waals surface area contributed by atoms with Crippen LogP contribution < -0.4 is 5.32 Å². The smallest absolute Gasteiger partial charge is 0.270 e. The molecule has 7 heteroatoms. The van der Waals surface area contributed by atoms with Crippen LogP contribution in [0, 0.1) is 5.82 Å². The summed E-state index contributed by atoms with van der Waals surface area (Å²) in [6.07, 6.45) is 7.45. The average Bonchev–Trinajstić information content (AvgIpc) is 3.51. The topological polar surface area (TPSA) is 61.0 Å². The Hall–Kier alpha value is -3.03. The Balaban J connectivity index is 1.40. The zero-order chi connectivity index (χ0) is 24.5. The fourth-order valence-corrected chi connectivity index (χ4v) is 5.02. The second-order valence-corrected chi connectivity index (χ2v) is 9.83. The van der Waals surface area contributed by atoms with Crippen molar-refractivity contribution < 1.29 is 9.18 Å². The first-order chi connectivity index (χ1) is 17.1. The molecule has 0 unspecified atom stereocenters. The Morgan fingerprint density at radius 1 is 1.09 bits per heavy atom. The highest BCUT2D eigenvalue weighted by molar-refractivity contribution is 7.09. The molecule has 0 saturated carbocycles. The van der Waals surface area contributed by atoms with E-state index >= 15 is 0 Å². The van der Waals surface area contributed by atoms with E-state index < -0.39 is 0 Å². The van der Waals surface area contributed by atoms with Crippen molar-refractivity contribution in [2.24, 2.45) is 0 Å². The largest absolute Gasteiger partial charge is 0.361 e. The number of nitrogens with one attached hydrogen (secondary N) is 2. The summed E-state index contributed by atoms with van der Waals surface area (Å²) in [6.45, 7) is 5.00. The minimum Gasteiger partial charge on any atom is -0.361 e. The average molecular weight is 493 g/mol. The van der Waals surface area contributed by atoms with Gasteiger partial charge in [-0.1, -0.05) is 56.5 Å². The van der Waals surface area contributed by atoms with E-state index in [9.17, 15) is 9.18 Å². The van der Waals surface area contributed by atoms with E-state index in [2.05, 4.69) is 51.5 Å². The van der Waals surface area contributed by atoms with Crippen LogP contribution >= 0.6 is 11.3 Å². The number of benzene rings is 2. The number of amides is 1. The van der Waals surface area contributed by atoms with Gasteiger partial charge in [-0.2, -0.15) is 0 Å². The normalized spacial score (nSPS) is 11.4. The maximum Gasteiger partial charge on any atom is 0.270 e. The predicted octanol–water partition coefficient (Wildman–Crippen LogP) is 6.32. The van der Waals surface area contributed by atoms with Crippen molar-refractivity contribution in [2.75, 3.05) is 13.1 Å². The number of H-pyrrole nitrogens is 1. The van der Waals surface area contributed by atoms with Crippen molar-refractivity contribution in [2.45, 2.75) is 52.1 Å². The number of carbonyl (C=O) groups excluding carboxylic acids is 1. The van der Waals surface area contributed by atoms with Gasteiger partial charge in [-0.15, -0.1) is 11.3 Å². The molecule has 0 spiro atoms. The third kappa shape index (κ3) is 7.23. The summed E-state index contributed by atoms with van der Waals surface area (Å²) in [5.41, 5.74) is 3.94. The lowest BCUT2D eigenvalue weighted by Gasteiger charge is -2.21. The SMILES string of the molecule is CCCCCCNC(=O)c1csc(CN(CCc2c[nH]c3ccccc23)Cc2ccc(F)cc2)n1. The van der Waals surface area contributed by atoms with E-state index in [1.807, 2.05) is 23.6 Å². The quantitative estimate of drug-likeness (QED) is 0.215. The number of unbranched alkanes of at least 4 members (excludes halogenated alkanes) is 3. The fourth-order valence-electron chi connectivity index (χ4n) is 4.20. The number of carbonyl (C=O) groups is 1. The van der Waals surface area contributed by atoms with Crippen molar-refractivity contribution in [3.63, 3.8) is 0 Å². The first-order valence-electron chi connectivity index (χ1n) is 12.4. The molecule has 4 rings (SSSR count). The van der Waals surface area contributed by atoms with Crippen molar-refractivity contribution in [1.29, 1.82) is 0 Å². The second kappa shape index (κ2) is 12.6. The number of halogens is 1. The van der Waals surface area contributed by atoms with Crippen LogP contribution in [-0.2, 0) is 19.5 Å². The van der Waals surface area contributed by atoms with Gasteiger partial charge in [0.1, 0.15) is 16.5 Å². The summed E-state index contributed by atoms with van der Waals surface area (Å²) in [4.78, 5) is 22.8. The number of fused-ring (bicyclic) bond motifs is 1. The molecule has 0 saturated heterocycles. The molecule has 0 bridgehead atoms. The number of aromatic nitrogens is 2. The molecular formula is C28H33FN4OS. The van der Waals surface area contributed by atoms with Gasteiger partial charge < -0.3 is 10.3 Å². The lowest BCUT2D eigenvalue weighted by molar-refractivity contribution is 0.0948. The number of thiazole rings is 1. The molecule has 0 fully saturated rings. The third-order valence-electron chi connectivity index (χ3n) is 6.15. The summed E-state index contributed by atoms with van der Waals surface area (Å²) in [5.74, 6) is -0.336. The summed E-state index contributed by atoms with van der Waals surface area (Å²) in [5, 5.41) is 6.96. The van der Waals surface area contributed by atoms with Gasteiger partial charge in [-0.05, 0) is 42.2 Å². The number of para-hydroxylation sites is 1. The van der Waals surface area contributed by atoms with Crippen molar-refractivity contribution in [1.82, 2.24) is 20.2 Å². The summed E-state index contributed by atoms with van der Waals surface area (Å²) < 4.78 is 13.4. The van der Waals surface area contributed by atoms with Crippen LogP contribution in [0.4, 0.5) is 4.39 Å². The van der Waals surface area contributed by atoms with Gasteiger partial charge in [0.25, 0.3) is 5.91 Å². The number of hydrogen-bond donors (Lipinski definition) is 2. The van der Waals surface area contributed by atoms with E-state index in [-0.39, 0.29) is 11.7 Å². The highest BCUT2D eigenvalue weighted by Gasteiger charge is 2.15. The molecule has 35 heavy (non-hydrogen) atoms. The molecule has 0 aliphatic rings. The molecule has 5 nitrogen and oxygen atoms in total. The molecule has 0 aliphatic heterocycles. The van der Waals surface area contributed by atoms with E-state index in [4.69, 9.17) is 0 Å². The molecule has 0 aliphatic carbocycles. The Morgan fingerprint density at radius 3 is 2.74 bits per heavy atom. The van der Waals surface area contributed by atoms with Gasteiger partial charge in [0.05, 0.1) is 6.54 Å². The van der Waals surface area contributed by atoms with Gasteiger partial charge in [0.2, 0.25) is 0 Å². The first-order valence-corrected chi connectivity index (χ1v) is 13.2. The summed E-state index contributed by atoms with van der Waals surface area (Å²) in [7, 11) is 0. The highest BCUT2D eigenvalue weighted by Crippen LogP contribution is 2.20. The lowest BCUT2D eigenvalue weighted by Crippen LogP contribution is -2.26. The molecule has 2 N–H and O–H groups in total. The molecular weight excluding hydrogens is 459 g/mol. The molecule has 4 aromatic rings. The Bertz CT molecular complexity index is 1220. The Kier molecular flexibility index (Phi) is 9.03. The minimum absolute atomic E-state index is 0.104. The van der Waals surface area contributed by atoms with Crippen molar-refractivity contribution in [3.05, 3.63) is 87.8 Å². The third-order valence-corrected chi connectivity index (χ3v) is 6.98. The monoisotopic (exact) mass is 492 g/mol. The highest BCUT2D eigenvalue weighted by atomic mass is 32.1. The standard InChI is InChI=1S/C28H33FN4OS/c1-2-3-4-7-15-30-28(34)26-20-35-27(32-26)19-33(18-21-10-12-23(29)13-11-21)16-14-22-17-31-25-9-6-5-8-24(22)25/h5-6,8-13,17,20,31H,2-4,7,14-16,18-19H2,1H3,(H,30,34). The first kappa shape index (κ1) is 25.1. The van der Waals surface area contributed by atoms with Crippen molar-refractivity contribution in [3.8, 4) is 0 Å². The summed E-state index contributed by atoms with van der Waals surface area (Å²) in [6, 6.07) is 15.0. The van der Waals surface area contributed by atoms with Crippen LogP contribution in [0.1, 0.15) is 59.2 Å². The molecule has 0 radical (unpaired) electrons. The Morgan fingerprint density at radius 2 is 1.91 bits per heavy atom. The fraction of sp³-hybridized carbons (Fsp3) is 0.357. The van der Waals surface area contributed by atoms with Gasteiger partial charge in [-0.3, -0.25) is 9.69 Å². The zero-order valence-corrected chi connectivity index (χ0v) is 21.0. The van der Waals surface area contributed by atoms with Crippen LogP contribution in [0.2, 0.25) is 0 Å². The predicted molar refractivity (Wildman–Crippen MR) is 141 cm³/mol. The van der Waals surface area contributed by atoms with Crippen molar-refractivity contribution >= 4 is 28.1 Å². The van der Waals surface area contributed by atoms with E-state index in [0.717, 1.165) is 41.9 Å². The lowest BCUT2D eigenvalue weighted by atomic mass is 10.1. The van der Waals surface area contributed by atoms with Gasteiger partial charge >= 0.3 is 0 Å². The zero-order valence-electron chi connectivity index (χ0n) is 20.2. The second-order valence-electron chi connectivity index (χ2n) is 8.89. The van der Waals surface area contributed by atoms with E-state index in [0.29, 0.717) is 25.3 Å². The van der Waals surface area contributed by atoms with Gasteiger partial charge in [0.15, 0.2) is 0 Å². The molecule has 2 aromatic heterocycles. The number of aromatic amines is 1.